The third-order valence-electron chi connectivity index (χ3n) is 3.82. The van der Waals surface area contributed by atoms with Gasteiger partial charge in [-0.1, -0.05) is 0 Å². The van der Waals surface area contributed by atoms with E-state index in [-0.39, 0.29) is 17.0 Å². The average Bonchev–Trinajstić information content (AvgIpc) is 3.13. The molecule has 1 aliphatic heterocycles. The van der Waals surface area contributed by atoms with Gasteiger partial charge in [0.05, 0.1) is 12.9 Å². The zero-order valence-electron chi connectivity index (χ0n) is 14.9. The highest BCUT2D eigenvalue weighted by atomic mass is 31.3. The molecule has 2 aromatic rings. The number of phosphoric acid groups is 3. The predicted octanol–water partition coefficient (Wildman–Crippen LogP) is -1.63. The van der Waals surface area contributed by atoms with Crippen molar-refractivity contribution in [1.29, 1.82) is 0 Å². The standard InChI is InChI=1S/C10H16N5O13P3/c11-8-5-9(13-2-12-8)15(3-14-5)10-7(17)6(16)4(26-10)1-25-30(21,22)28-31(23,24)27-29(18,19)20/h2-4,6-7,10,16-17H,1H2,(H,21,22)(H,23,24)(H2,11,12,13)(H2,18,19,20)/t4-,6+,7?,10-/m1/s1. The van der Waals surface area contributed by atoms with Gasteiger partial charge < -0.3 is 40.3 Å². The van der Waals surface area contributed by atoms with Crippen LogP contribution in [-0.2, 0) is 31.6 Å². The highest BCUT2D eigenvalue weighted by molar-refractivity contribution is 7.66. The first kappa shape index (κ1) is 24.3. The number of aliphatic hydroxyl groups is 2. The van der Waals surface area contributed by atoms with Gasteiger partial charge in [-0.2, -0.15) is 8.62 Å². The summed E-state index contributed by atoms with van der Waals surface area (Å²) < 4.78 is 51.9. The molecule has 2 aromatic heterocycles. The largest absolute Gasteiger partial charge is 0.490 e. The number of hydrogen-bond donors (Lipinski definition) is 7. The van der Waals surface area contributed by atoms with E-state index in [0.717, 1.165) is 6.33 Å². The second kappa shape index (κ2) is 8.53. The number of nitrogens with zero attached hydrogens (tertiary/aromatic N) is 4. The van der Waals surface area contributed by atoms with Crippen molar-refractivity contribution in [2.24, 2.45) is 0 Å². The zero-order valence-corrected chi connectivity index (χ0v) is 17.6. The summed E-state index contributed by atoms with van der Waals surface area (Å²) in [4.78, 5) is 47.2. The van der Waals surface area contributed by atoms with Gasteiger partial charge in [-0.3, -0.25) is 9.09 Å². The number of nitrogens with two attached hydrogens (primary N) is 1. The molecule has 1 saturated heterocycles. The maximum atomic E-state index is 11.8. The van der Waals surface area contributed by atoms with Gasteiger partial charge in [0, 0.05) is 0 Å². The summed E-state index contributed by atoms with van der Waals surface area (Å²) in [5, 5.41) is 20.4. The highest BCUT2D eigenvalue weighted by Crippen LogP contribution is 2.66. The Labute approximate surface area is 171 Å². The van der Waals surface area contributed by atoms with Crippen molar-refractivity contribution >= 4 is 40.4 Å². The first-order chi connectivity index (χ1) is 14.2. The number of hydrogen-bond acceptors (Lipinski definition) is 13. The Morgan fingerprint density at radius 2 is 1.71 bits per heavy atom. The maximum Gasteiger partial charge on any atom is 0.490 e. The fourth-order valence-electron chi connectivity index (χ4n) is 2.62. The van der Waals surface area contributed by atoms with Crippen LogP contribution in [0.3, 0.4) is 0 Å². The SMILES string of the molecule is Nc1ncnc2c1ncn2[C@@H]1O[C@H](COP(=O)(O)OP(=O)(O)OP(=O)(O)O)[C@H](O)C1O. The molecule has 0 aromatic carbocycles. The molecular formula is C10H16N5O13P3. The van der Waals surface area contributed by atoms with Crippen molar-refractivity contribution in [3.05, 3.63) is 12.7 Å². The van der Waals surface area contributed by atoms with E-state index in [1.807, 2.05) is 0 Å². The number of anilines is 1. The number of nitrogen functional groups attached to an aromatic ring is 1. The number of rotatable bonds is 8. The zero-order chi connectivity index (χ0) is 23.2. The predicted molar refractivity (Wildman–Crippen MR) is 95.5 cm³/mol. The molecule has 0 radical (unpaired) electrons. The topological polar surface area (TPSA) is 279 Å². The Balaban J connectivity index is 1.69. The normalized spacial score (nSPS) is 28.5. The first-order valence-electron chi connectivity index (χ1n) is 7.92. The fraction of sp³-hybridized carbons (Fsp3) is 0.500. The Kier molecular flexibility index (Phi) is 6.68. The summed E-state index contributed by atoms with van der Waals surface area (Å²) in [5.74, 6) is 0.0426. The molecule has 1 aliphatic rings. The van der Waals surface area contributed by atoms with Crippen molar-refractivity contribution in [2.45, 2.75) is 24.5 Å². The highest BCUT2D eigenvalue weighted by Gasteiger charge is 2.47. The van der Waals surface area contributed by atoms with E-state index < -0.39 is 54.6 Å². The molecule has 3 heterocycles. The molecule has 18 nitrogen and oxygen atoms in total. The van der Waals surface area contributed by atoms with Gasteiger partial charge in [0.1, 0.15) is 30.2 Å². The van der Waals surface area contributed by atoms with E-state index in [1.165, 1.54) is 10.9 Å². The minimum absolute atomic E-state index is 0.0426. The van der Waals surface area contributed by atoms with Crippen molar-refractivity contribution in [3.63, 3.8) is 0 Å². The third-order valence-corrected chi connectivity index (χ3v) is 7.62. The van der Waals surface area contributed by atoms with Crippen molar-refractivity contribution < 1.29 is 61.4 Å². The van der Waals surface area contributed by atoms with Gasteiger partial charge in [0.15, 0.2) is 17.7 Å². The minimum Gasteiger partial charge on any atom is -0.387 e. The summed E-state index contributed by atoms with van der Waals surface area (Å²) in [7, 11) is -16.7. The lowest BCUT2D eigenvalue weighted by molar-refractivity contribution is -0.0503. The molecule has 0 amide bonds. The lowest BCUT2D eigenvalue weighted by Gasteiger charge is -2.19. The minimum atomic E-state index is -5.70. The van der Waals surface area contributed by atoms with Crippen molar-refractivity contribution in [1.82, 2.24) is 19.5 Å². The summed E-state index contributed by atoms with van der Waals surface area (Å²) >= 11 is 0. The summed E-state index contributed by atoms with van der Waals surface area (Å²) in [6.07, 6.45) is -3.69. The van der Waals surface area contributed by atoms with Gasteiger partial charge in [-0.05, 0) is 0 Å². The average molecular weight is 507 g/mol. The van der Waals surface area contributed by atoms with Gasteiger partial charge in [-0.25, -0.2) is 28.6 Å². The number of imidazole rings is 1. The molecule has 174 valence electrons. The summed E-state index contributed by atoms with van der Waals surface area (Å²) in [6, 6.07) is 0. The Morgan fingerprint density at radius 1 is 1.03 bits per heavy atom. The lowest BCUT2D eigenvalue weighted by atomic mass is 10.1. The number of phosphoric ester groups is 1. The number of ether oxygens (including phenoxy) is 1. The molecule has 3 unspecified atom stereocenters. The smallest absolute Gasteiger partial charge is 0.387 e. The summed E-state index contributed by atoms with van der Waals surface area (Å²) in [5.41, 5.74) is 6.00. The van der Waals surface area contributed by atoms with Gasteiger partial charge in [0.25, 0.3) is 0 Å². The van der Waals surface area contributed by atoms with Crippen LogP contribution in [0, 0.1) is 0 Å². The van der Waals surface area contributed by atoms with E-state index in [1.54, 1.807) is 0 Å². The molecule has 3 rings (SSSR count). The van der Waals surface area contributed by atoms with Crippen molar-refractivity contribution in [3.8, 4) is 0 Å². The molecule has 31 heavy (non-hydrogen) atoms. The number of aliphatic hydroxyl groups excluding tert-OH is 2. The number of aromatic nitrogens is 4. The molecule has 0 saturated carbocycles. The van der Waals surface area contributed by atoms with E-state index >= 15 is 0 Å². The maximum absolute atomic E-state index is 11.8. The molecule has 8 N–H and O–H groups in total. The van der Waals surface area contributed by atoms with Crippen LogP contribution in [0.2, 0.25) is 0 Å². The van der Waals surface area contributed by atoms with Crippen LogP contribution >= 0.6 is 23.5 Å². The molecule has 0 spiro atoms. The second-order valence-electron chi connectivity index (χ2n) is 6.02. The van der Waals surface area contributed by atoms with Crippen LogP contribution < -0.4 is 5.73 Å². The van der Waals surface area contributed by atoms with Gasteiger partial charge in [-0.15, -0.1) is 0 Å². The first-order valence-corrected chi connectivity index (χ1v) is 12.4. The fourth-order valence-corrected chi connectivity index (χ4v) is 5.65. The van der Waals surface area contributed by atoms with Crippen LogP contribution in [0.4, 0.5) is 5.82 Å². The number of fused-ring (bicyclic) bond motifs is 1. The monoisotopic (exact) mass is 507 g/mol. The van der Waals surface area contributed by atoms with Crippen LogP contribution in [0.1, 0.15) is 6.23 Å². The van der Waals surface area contributed by atoms with Crippen LogP contribution in [0.15, 0.2) is 12.7 Å². The Hall–Kier alpha value is -1.36. The van der Waals surface area contributed by atoms with E-state index in [2.05, 4.69) is 28.1 Å². The molecule has 0 aliphatic carbocycles. The summed E-state index contributed by atoms with van der Waals surface area (Å²) in [6.45, 7) is -0.956. The van der Waals surface area contributed by atoms with Crippen LogP contribution in [0.25, 0.3) is 11.2 Å². The van der Waals surface area contributed by atoms with Gasteiger partial charge in [0.2, 0.25) is 0 Å². The van der Waals surface area contributed by atoms with Crippen LogP contribution in [-0.4, -0.2) is 74.2 Å². The Bertz CT molecular complexity index is 1100. The van der Waals surface area contributed by atoms with E-state index in [9.17, 15) is 28.8 Å². The van der Waals surface area contributed by atoms with Gasteiger partial charge >= 0.3 is 23.5 Å². The van der Waals surface area contributed by atoms with E-state index in [0.29, 0.717) is 0 Å². The second-order valence-corrected chi connectivity index (χ2v) is 10.4. The molecule has 0 bridgehead atoms. The molecule has 21 heteroatoms. The lowest BCUT2D eigenvalue weighted by Crippen LogP contribution is -2.33. The Morgan fingerprint density at radius 3 is 2.35 bits per heavy atom. The van der Waals surface area contributed by atoms with E-state index in [4.69, 9.17) is 25.2 Å². The van der Waals surface area contributed by atoms with Crippen molar-refractivity contribution in [2.75, 3.05) is 12.3 Å². The van der Waals surface area contributed by atoms with Crippen LogP contribution in [0.5, 0.6) is 0 Å². The quantitative estimate of drug-likeness (QED) is 0.197. The molecule has 6 atom stereocenters. The third kappa shape index (κ3) is 5.71. The molecular weight excluding hydrogens is 491 g/mol. The molecule has 1 fully saturated rings.